The van der Waals surface area contributed by atoms with Gasteiger partial charge in [-0.25, -0.2) is 4.98 Å². The van der Waals surface area contributed by atoms with E-state index in [0.717, 1.165) is 5.69 Å². The molecule has 74 valence electrons. The van der Waals surface area contributed by atoms with Gasteiger partial charge in [-0.1, -0.05) is 0 Å². The maximum absolute atomic E-state index is 11.8. The number of fused-ring (bicyclic) bond motifs is 2. The van der Waals surface area contributed by atoms with Crippen molar-refractivity contribution in [3.8, 4) is 0 Å². The second-order valence-corrected chi connectivity index (χ2v) is 4.06. The molecule has 5 heteroatoms. The quantitative estimate of drug-likeness (QED) is 0.712. The molecule has 0 saturated heterocycles. The van der Waals surface area contributed by atoms with Crippen LogP contribution in [-0.2, 0) is 0 Å². The van der Waals surface area contributed by atoms with Gasteiger partial charge in [0.15, 0.2) is 5.82 Å². The van der Waals surface area contributed by atoms with Crippen molar-refractivity contribution in [2.45, 2.75) is 0 Å². The third-order valence-corrected chi connectivity index (χ3v) is 3.09. The van der Waals surface area contributed by atoms with E-state index in [-0.39, 0.29) is 5.91 Å². The van der Waals surface area contributed by atoms with Gasteiger partial charge < -0.3 is 10.6 Å². The first-order chi connectivity index (χ1) is 7.34. The third kappa shape index (κ3) is 1.28. The maximum atomic E-state index is 11.8. The Labute approximate surface area is 90.0 Å². The Morgan fingerprint density at radius 3 is 3.07 bits per heavy atom. The Morgan fingerprint density at radius 1 is 1.20 bits per heavy atom. The lowest BCUT2D eigenvalue weighted by Gasteiger charge is -2.04. The lowest BCUT2D eigenvalue weighted by atomic mass is 10.4. The summed E-state index contributed by atoms with van der Waals surface area (Å²) < 4.78 is 0. The number of nitrogens with one attached hydrogen (secondary N) is 2. The number of anilines is 3. The van der Waals surface area contributed by atoms with Crippen molar-refractivity contribution in [2.75, 3.05) is 10.6 Å². The predicted octanol–water partition coefficient (Wildman–Crippen LogP) is 2.45. The van der Waals surface area contributed by atoms with Crippen LogP contribution in [0.1, 0.15) is 9.67 Å². The van der Waals surface area contributed by atoms with Crippen LogP contribution in [0.4, 0.5) is 17.2 Å². The van der Waals surface area contributed by atoms with Crippen LogP contribution in [0, 0.1) is 0 Å². The summed E-state index contributed by atoms with van der Waals surface area (Å²) in [6.45, 7) is 0. The van der Waals surface area contributed by atoms with Crippen molar-refractivity contribution in [2.24, 2.45) is 0 Å². The van der Waals surface area contributed by atoms with E-state index in [4.69, 9.17) is 0 Å². The van der Waals surface area contributed by atoms with E-state index in [0.29, 0.717) is 16.4 Å². The van der Waals surface area contributed by atoms with Crippen molar-refractivity contribution in [3.63, 3.8) is 0 Å². The van der Waals surface area contributed by atoms with Crippen molar-refractivity contribution >= 4 is 34.4 Å². The van der Waals surface area contributed by atoms with E-state index < -0.39 is 0 Å². The number of rotatable bonds is 0. The standard InChI is InChI=1S/C10H7N3OS/c14-10-8-6(3-5-15-8)12-9-7(13-10)2-1-4-11-9/h1-5H,(H,11,12)(H,13,14). The van der Waals surface area contributed by atoms with Crippen LogP contribution in [0.15, 0.2) is 29.8 Å². The van der Waals surface area contributed by atoms with Gasteiger partial charge in [-0.05, 0) is 23.6 Å². The smallest absolute Gasteiger partial charge is 0.267 e. The molecular formula is C10H7N3OS. The maximum Gasteiger partial charge on any atom is 0.267 e. The molecule has 0 aliphatic carbocycles. The van der Waals surface area contributed by atoms with E-state index in [2.05, 4.69) is 15.6 Å². The summed E-state index contributed by atoms with van der Waals surface area (Å²) in [5.41, 5.74) is 1.53. The molecule has 2 N–H and O–H groups in total. The molecule has 2 aromatic heterocycles. The molecule has 0 aromatic carbocycles. The van der Waals surface area contributed by atoms with Crippen LogP contribution >= 0.6 is 11.3 Å². The molecule has 0 unspecified atom stereocenters. The molecule has 15 heavy (non-hydrogen) atoms. The van der Waals surface area contributed by atoms with Crippen LogP contribution in [0.2, 0.25) is 0 Å². The minimum atomic E-state index is -0.0840. The van der Waals surface area contributed by atoms with Gasteiger partial charge in [0, 0.05) is 6.20 Å². The van der Waals surface area contributed by atoms with Crippen LogP contribution < -0.4 is 10.6 Å². The summed E-state index contributed by atoms with van der Waals surface area (Å²) in [5, 5.41) is 7.82. The fourth-order valence-electron chi connectivity index (χ4n) is 1.50. The van der Waals surface area contributed by atoms with E-state index >= 15 is 0 Å². The highest BCUT2D eigenvalue weighted by atomic mass is 32.1. The third-order valence-electron chi connectivity index (χ3n) is 2.18. The number of pyridine rings is 1. The van der Waals surface area contributed by atoms with Crippen molar-refractivity contribution in [1.82, 2.24) is 4.98 Å². The minimum Gasteiger partial charge on any atom is -0.337 e. The zero-order valence-electron chi connectivity index (χ0n) is 7.65. The number of amides is 1. The number of aromatic nitrogens is 1. The SMILES string of the molecule is O=C1Nc2cccnc2Nc2ccsc21. The topological polar surface area (TPSA) is 54.0 Å². The molecule has 0 spiro atoms. The highest BCUT2D eigenvalue weighted by Gasteiger charge is 2.19. The van der Waals surface area contributed by atoms with Gasteiger partial charge >= 0.3 is 0 Å². The molecule has 1 aliphatic rings. The zero-order chi connectivity index (χ0) is 10.3. The lowest BCUT2D eigenvalue weighted by molar-refractivity contribution is 0.103. The first-order valence-corrected chi connectivity index (χ1v) is 5.33. The number of carbonyl (C=O) groups is 1. The van der Waals surface area contributed by atoms with Gasteiger partial charge in [-0.15, -0.1) is 11.3 Å². The Kier molecular flexibility index (Phi) is 1.72. The summed E-state index contributed by atoms with van der Waals surface area (Å²) in [6, 6.07) is 5.49. The van der Waals surface area contributed by atoms with E-state index in [9.17, 15) is 4.79 Å². The van der Waals surface area contributed by atoms with Gasteiger partial charge in [-0.3, -0.25) is 4.79 Å². The second-order valence-electron chi connectivity index (χ2n) is 3.14. The number of hydrogen-bond acceptors (Lipinski definition) is 4. The highest BCUT2D eigenvalue weighted by molar-refractivity contribution is 7.12. The largest absolute Gasteiger partial charge is 0.337 e. The summed E-state index contributed by atoms with van der Waals surface area (Å²) in [6.07, 6.45) is 1.69. The molecule has 2 aromatic rings. The normalized spacial score (nSPS) is 13.2. The Morgan fingerprint density at radius 2 is 2.13 bits per heavy atom. The van der Waals surface area contributed by atoms with Crippen LogP contribution in [0.5, 0.6) is 0 Å². The number of hydrogen-bond donors (Lipinski definition) is 2. The Balaban J connectivity index is 2.18. The summed E-state index contributed by atoms with van der Waals surface area (Å²) in [4.78, 5) is 16.6. The summed E-state index contributed by atoms with van der Waals surface area (Å²) >= 11 is 1.42. The average molecular weight is 217 g/mol. The molecule has 0 fully saturated rings. The second kappa shape index (κ2) is 3.06. The number of thiophene rings is 1. The fraction of sp³-hybridized carbons (Fsp3) is 0. The van der Waals surface area contributed by atoms with Gasteiger partial charge in [0.05, 0.1) is 11.4 Å². The van der Waals surface area contributed by atoms with Crippen molar-refractivity contribution in [3.05, 3.63) is 34.7 Å². The van der Waals surface area contributed by atoms with E-state index in [1.165, 1.54) is 11.3 Å². The zero-order valence-corrected chi connectivity index (χ0v) is 8.47. The molecule has 0 radical (unpaired) electrons. The molecular weight excluding hydrogens is 210 g/mol. The molecule has 0 saturated carbocycles. The fourth-order valence-corrected chi connectivity index (χ4v) is 2.24. The van der Waals surface area contributed by atoms with Gasteiger partial charge in [0.2, 0.25) is 0 Å². The van der Waals surface area contributed by atoms with Crippen molar-refractivity contribution in [1.29, 1.82) is 0 Å². The minimum absolute atomic E-state index is 0.0840. The van der Waals surface area contributed by atoms with Crippen LogP contribution in [-0.4, -0.2) is 10.9 Å². The molecule has 0 bridgehead atoms. The molecule has 1 amide bonds. The number of carbonyl (C=O) groups excluding carboxylic acids is 1. The van der Waals surface area contributed by atoms with Gasteiger partial charge in [-0.2, -0.15) is 0 Å². The first-order valence-electron chi connectivity index (χ1n) is 4.45. The molecule has 0 atom stereocenters. The van der Waals surface area contributed by atoms with Gasteiger partial charge in [0.1, 0.15) is 4.88 Å². The summed E-state index contributed by atoms with van der Waals surface area (Å²) in [7, 11) is 0. The van der Waals surface area contributed by atoms with Crippen molar-refractivity contribution < 1.29 is 4.79 Å². The van der Waals surface area contributed by atoms with Crippen LogP contribution in [0.3, 0.4) is 0 Å². The molecule has 3 rings (SSSR count). The Bertz CT molecular complexity index is 535. The predicted molar refractivity (Wildman–Crippen MR) is 59.8 cm³/mol. The number of nitrogens with zero attached hydrogens (tertiary/aromatic N) is 1. The Hall–Kier alpha value is -1.88. The molecule has 3 heterocycles. The first kappa shape index (κ1) is 8.43. The molecule has 1 aliphatic heterocycles. The summed E-state index contributed by atoms with van der Waals surface area (Å²) in [5.74, 6) is 0.599. The highest BCUT2D eigenvalue weighted by Crippen LogP contribution is 2.32. The monoisotopic (exact) mass is 217 g/mol. The van der Waals surface area contributed by atoms with Gasteiger partial charge in [0.25, 0.3) is 5.91 Å². The lowest BCUT2D eigenvalue weighted by Crippen LogP contribution is -2.08. The van der Waals surface area contributed by atoms with E-state index in [1.807, 2.05) is 17.5 Å². The average Bonchev–Trinajstić information content (AvgIpc) is 2.64. The van der Waals surface area contributed by atoms with E-state index in [1.54, 1.807) is 12.3 Å². The van der Waals surface area contributed by atoms with Crippen LogP contribution in [0.25, 0.3) is 0 Å². The molecule has 4 nitrogen and oxygen atoms in total.